The van der Waals surface area contributed by atoms with Gasteiger partial charge >= 0.3 is 0 Å². The fourth-order valence-electron chi connectivity index (χ4n) is 2.15. The van der Waals surface area contributed by atoms with E-state index in [0.717, 1.165) is 17.9 Å². The molecular weight excluding hydrogens is 224 g/mol. The normalized spacial score (nSPS) is 12.3. The number of hydrogen-bond donors (Lipinski definition) is 3. The molecule has 0 fully saturated rings. The van der Waals surface area contributed by atoms with Gasteiger partial charge in [-0.2, -0.15) is 0 Å². The van der Waals surface area contributed by atoms with E-state index < -0.39 is 0 Å². The lowest BCUT2D eigenvalue weighted by atomic mass is 9.93. The minimum Gasteiger partial charge on any atom is -0.348 e. The Bertz CT molecular complexity index is 447. The van der Waals surface area contributed by atoms with E-state index in [1.54, 1.807) is 0 Å². The zero-order valence-corrected chi connectivity index (χ0v) is 10.7. The van der Waals surface area contributed by atoms with Crippen LogP contribution in [0.3, 0.4) is 0 Å². The first kappa shape index (κ1) is 12.6. The number of imidazole rings is 1. The Morgan fingerprint density at radius 1 is 1.33 bits per heavy atom. The Hall–Kier alpha value is -1.81. The standard InChI is InChI=1S/C14H20N4/c1-2-3-4-13(14-16-9-10-17-14)11-5-7-12(18-15)8-6-11/h5-10,13,18H,2-4,15H2,1H3,(H,16,17). The van der Waals surface area contributed by atoms with E-state index in [9.17, 15) is 0 Å². The summed E-state index contributed by atoms with van der Waals surface area (Å²) >= 11 is 0. The van der Waals surface area contributed by atoms with Gasteiger partial charge in [0.05, 0.1) is 0 Å². The summed E-state index contributed by atoms with van der Waals surface area (Å²) in [4.78, 5) is 7.61. The Morgan fingerprint density at radius 2 is 2.11 bits per heavy atom. The number of aromatic amines is 1. The van der Waals surface area contributed by atoms with Crippen molar-refractivity contribution in [2.75, 3.05) is 5.43 Å². The van der Waals surface area contributed by atoms with Crippen molar-refractivity contribution in [3.05, 3.63) is 48.0 Å². The second-order valence-electron chi connectivity index (χ2n) is 4.44. The number of benzene rings is 1. The molecule has 0 bridgehead atoms. The quantitative estimate of drug-likeness (QED) is 0.540. The van der Waals surface area contributed by atoms with Gasteiger partial charge in [-0.15, -0.1) is 0 Å². The van der Waals surface area contributed by atoms with Gasteiger partial charge in [0, 0.05) is 24.0 Å². The average molecular weight is 244 g/mol. The molecule has 1 aromatic carbocycles. The molecule has 0 saturated heterocycles. The van der Waals surface area contributed by atoms with Gasteiger partial charge in [-0.25, -0.2) is 4.98 Å². The van der Waals surface area contributed by atoms with E-state index in [4.69, 9.17) is 5.84 Å². The summed E-state index contributed by atoms with van der Waals surface area (Å²) < 4.78 is 0. The number of anilines is 1. The summed E-state index contributed by atoms with van der Waals surface area (Å²) in [5, 5.41) is 0. The maximum Gasteiger partial charge on any atom is 0.113 e. The zero-order valence-electron chi connectivity index (χ0n) is 10.7. The van der Waals surface area contributed by atoms with Crippen LogP contribution in [0.2, 0.25) is 0 Å². The second kappa shape index (κ2) is 6.21. The van der Waals surface area contributed by atoms with Crippen LogP contribution < -0.4 is 11.3 Å². The lowest BCUT2D eigenvalue weighted by Gasteiger charge is -2.15. The first-order valence-corrected chi connectivity index (χ1v) is 6.41. The average Bonchev–Trinajstić information content (AvgIpc) is 2.94. The lowest BCUT2D eigenvalue weighted by molar-refractivity contribution is 0.628. The monoisotopic (exact) mass is 244 g/mol. The molecule has 1 heterocycles. The molecule has 18 heavy (non-hydrogen) atoms. The van der Waals surface area contributed by atoms with Gasteiger partial charge in [-0.1, -0.05) is 31.9 Å². The van der Waals surface area contributed by atoms with Gasteiger partial charge in [-0.05, 0) is 24.1 Å². The van der Waals surface area contributed by atoms with Gasteiger partial charge in [-0.3, -0.25) is 5.84 Å². The van der Waals surface area contributed by atoms with Crippen LogP contribution in [-0.2, 0) is 0 Å². The minimum atomic E-state index is 0.340. The predicted octanol–water partition coefficient (Wildman–Crippen LogP) is 3.02. The second-order valence-corrected chi connectivity index (χ2v) is 4.44. The van der Waals surface area contributed by atoms with Crippen LogP contribution in [0.15, 0.2) is 36.7 Å². The van der Waals surface area contributed by atoms with E-state index in [1.807, 2.05) is 24.5 Å². The molecule has 1 atom stereocenters. The van der Waals surface area contributed by atoms with Crippen LogP contribution in [0.25, 0.3) is 0 Å². The molecule has 0 saturated carbocycles. The molecular formula is C14H20N4. The van der Waals surface area contributed by atoms with E-state index in [1.165, 1.54) is 18.4 Å². The molecule has 0 aliphatic carbocycles. The summed E-state index contributed by atoms with van der Waals surface area (Å²) in [6, 6.07) is 8.21. The van der Waals surface area contributed by atoms with Crippen molar-refractivity contribution < 1.29 is 0 Å². The van der Waals surface area contributed by atoms with Crippen molar-refractivity contribution in [3.8, 4) is 0 Å². The highest BCUT2D eigenvalue weighted by Gasteiger charge is 2.15. The lowest BCUT2D eigenvalue weighted by Crippen LogP contribution is -2.07. The van der Waals surface area contributed by atoms with Crippen molar-refractivity contribution in [1.29, 1.82) is 0 Å². The molecule has 96 valence electrons. The highest BCUT2D eigenvalue weighted by Crippen LogP contribution is 2.28. The number of aromatic nitrogens is 2. The summed E-state index contributed by atoms with van der Waals surface area (Å²) in [5.41, 5.74) is 4.85. The molecule has 1 unspecified atom stereocenters. The van der Waals surface area contributed by atoms with Crippen molar-refractivity contribution >= 4 is 5.69 Å². The molecule has 0 radical (unpaired) electrons. The summed E-state index contributed by atoms with van der Waals surface area (Å²) in [7, 11) is 0. The van der Waals surface area contributed by atoms with Crippen molar-refractivity contribution in [2.24, 2.45) is 5.84 Å². The topological polar surface area (TPSA) is 66.7 Å². The van der Waals surface area contributed by atoms with Crippen molar-refractivity contribution in [3.63, 3.8) is 0 Å². The maximum absolute atomic E-state index is 5.38. The van der Waals surface area contributed by atoms with Gasteiger partial charge in [0.2, 0.25) is 0 Å². The fraction of sp³-hybridized carbons (Fsp3) is 0.357. The molecule has 0 aliphatic heterocycles. The third kappa shape index (κ3) is 2.90. The summed E-state index contributed by atoms with van der Waals surface area (Å²) in [6.45, 7) is 2.21. The number of nitrogens with two attached hydrogens (primary N) is 1. The molecule has 4 nitrogen and oxygen atoms in total. The van der Waals surface area contributed by atoms with Crippen LogP contribution in [-0.4, -0.2) is 9.97 Å². The largest absolute Gasteiger partial charge is 0.348 e. The van der Waals surface area contributed by atoms with Gasteiger partial charge in [0.1, 0.15) is 5.82 Å². The molecule has 0 amide bonds. The Balaban J connectivity index is 2.21. The van der Waals surface area contributed by atoms with Gasteiger partial charge < -0.3 is 10.4 Å². The number of hydrazine groups is 1. The molecule has 4 N–H and O–H groups in total. The van der Waals surface area contributed by atoms with Crippen LogP contribution in [0, 0.1) is 0 Å². The first-order valence-electron chi connectivity index (χ1n) is 6.41. The Labute approximate surface area is 108 Å². The third-order valence-corrected chi connectivity index (χ3v) is 3.18. The predicted molar refractivity (Wildman–Crippen MR) is 74.2 cm³/mol. The minimum absolute atomic E-state index is 0.340. The fourth-order valence-corrected chi connectivity index (χ4v) is 2.15. The highest BCUT2D eigenvalue weighted by atomic mass is 15.2. The zero-order chi connectivity index (χ0) is 12.8. The van der Waals surface area contributed by atoms with Gasteiger partial charge in [0.25, 0.3) is 0 Å². The highest BCUT2D eigenvalue weighted by molar-refractivity contribution is 5.44. The Kier molecular flexibility index (Phi) is 4.36. The SMILES string of the molecule is CCCCC(c1ccc(NN)cc1)c1ncc[nH]1. The van der Waals surface area contributed by atoms with Crippen molar-refractivity contribution in [1.82, 2.24) is 9.97 Å². The molecule has 2 rings (SSSR count). The molecule has 4 heteroatoms. The summed E-state index contributed by atoms with van der Waals surface area (Å²) in [5.74, 6) is 6.76. The van der Waals surface area contributed by atoms with E-state index in [-0.39, 0.29) is 0 Å². The third-order valence-electron chi connectivity index (χ3n) is 3.18. The number of unbranched alkanes of at least 4 members (excludes halogenated alkanes) is 1. The van der Waals surface area contributed by atoms with Crippen LogP contribution >= 0.6 is 0 Å². The van der Waals surface area contributed by atoms with Crippen LogP contribution in [0.1, 0.15) is 43.5 Å². The smallest absolute Gasteiger partial charge is 0.113 e. The van der Waals surface area contributed by atoms with Crippen LogP contribution in [0.4, 0.5) is 5.69 Å². The molecule has 1 aromatic heterocycles. The molecule has 0 spiro atoms. The molecule has 2 aromatic rings. The van der Waals surface area contributed by atoms with E-state index in [2.05, 4.69) is 34.5 Å². The maximum atomic E-state index is 5.38. The number of rotatable bonds is 6. The number of H-pyrrole nitrogens is 1. The molecule has 0 aliphatic rings. The summed E-state index contributed by atoms with van der Waals surface area (Å²) in [6.07, 6.45) is 7.19. The number of nitrogens with zero attached hydrogens (tertiary/aromatic N) is 1. The van der Waals surface area contributed by atoms with E-state index in [0.29, 0.717) is 5.92 Å². The number of hydrogen-bond acceptors (Lipinski definition) is 3. The van der Waals surface area contributed by atoms with Crippen LogP contribution in [0.5, 0.6) is 0 Å². The van der Waals surface area contributed by atoms with E-state index >= 15 is 0 Å². The first-order chi connectivity index (χ1) is 8.85. The van der Waals surface area contributed by atoms with Gasteiger partial charge in [0.15, 0.2) is 0 Å². The number of nitrogen functional groups attached to an aromatic ring is 1. The number of nitrogens with one attached hydrogen (secondary N) is 2. The Morgan fingerprint density at radius 3 is 2.67 bits per heavy atom. The van der Waals surface area contributed by atoms with Crippen molar-refractivity contribution in [2.45, 2.75) is 32.1 Å².